The highest BCUT2D eigenvalue weighted by Crippen LogP contribution is 2.12. The van der Waals surface area contributed by atoms with Crippen LogP contribution in [0.5, 0.6) is 0 Å². The number of ketones is 2. The van der Waals surface area contributed by atoms with Gasteiger partial charge in [0.1, 0.15) is 13.5 Å². The minimum atomic E-state index is -1.04. The van der Waals surface area contributed by atoms with Gasteiger partial charge in [-0.2, -0.15) is 9.97 Å². The number of aromatic amines is 2. The Hall–Kier alpha value is -6.68. The van der Waals surface area contributed by atoms with Gasteiger partial charge in [-0.3, -0.25) is 57.5 Å². The predicted octanol–water partition coefficient (Wildman–Crippen LogP) is 0.00920. The molecule has 3 unspecified atom stereocenters. The van der Waals surface area contributed by atoms with E-state index in [-0.39, 0.29) is 129 Å². The number of carbonyl (C=O) groups excluding carboxylic acids is 4. The molecule has 69 heavy (non-hydrogen) atoms. The SMILES string of the molecule is CC(C)NC(CCC(=O)O)C(=O)C(C)C.CC(C)NC(CCC(=O)O)C(=O)NC(CCC(=O)OCOCn1cnc2c(=O)[nH]c(N)nc21)C(=O)C(C)C.Nc1nc2c(ncn2COCCO)c(=O)[nH]1. The number of hydrogen-bond donors (Lipinski definition) is 10. The number of ether oxygens (including phenoxy) is 3. The maximum absolute atomic E-state index is 12.8. The quantitative estimate of drug-likeness (QED) is 0.0214. The summed E-state index contributed by atoms with van der Waals surface area (Å²) < 4.78 is 18.4. The molecular weight excluding hydrogens is 911 g/mol. The van der Waals surface area contributed by atoms with Gasteiger partial charge in [-0.05, 0) is 19.3 Å². The van der Waals surface area contributed by atoms with Crippen LogP contribution in [-0.2, 0) is 56.4 Å². The van der Waals surface area contributed by atoms with Gasteiger partial charge in [-0.15, -0.1) is 0 Å². The van der Waals surface area contributed by atoms with Crippen LogP contribution < -0.4 is 38.5 Å². The summed E-state index contributed by atoms with van der Waals surface area (Å²) in [5, 5.41) is 34.9. The highest BCUT2D eigenvalue weighted by molar-refractivity contribution is 5.92. The van der Waals surface area contributed by atoms with Crippen LogP contribution in [0.4, 0.5) is 11.9 Å². The molecule has 0 spiro atoms. The van der Waals surface area contributed by atoms with Gasteiger partial charge in [-0.1, -0.05) is 55.4 Å². The number of carboxylic acids is 2. The van der Waals surface area contributed by atoms with E-state index >= 15 is 0 Å². The van der Waals surface area contributed by atoms with Crippen LogP contribution in [0.25, 0.3) is 22.3 Å². The summed E-state index contributed by atoms with van der Waals surface area (Å²) in [5.74, 6) is -3.77. The Morgan fingerprint density at radius 2 is 1.10 bits per heavy atom. The van der Waals surface area contributed by atoms with Crippen molar-refractivity contribution in [2.75, 3.05) is 31.5 Å². The number of aliphatic hydroxyl groups is 1. The Labute approximate surface area is 396 Å². The van der Waals surface area contributed by atoms with Crippen LogP contribution in [0.2, 0.25) is 0 Å². The molecule has 0 fully saturated rings. The molecule has 0 aliphatic rings. The fraction of sp³-hybridized carbons (Fsp3) is 0.619. The molecule has 4 aromatic heterocycles. The number of nitrogens with one attached hydrogen (secondary N) is 5. The van der Waals surface area contributed by atoms with Crippen molar-refractivity contribution in [3.63, 3.8) is 0 Å². The zero-order valence-electron chi connectivity index (χ0n) is 40.1. The van der Waals surface area contributed by atoms with E-state index in [0.29, 0.717) is 12.1 Å². The molecule has 0 aliphatic heterocycles. The average molecular weight is 978 g/mol. The van der Waals surface area contributed by atoms with Crippen molar-refractivity contribution in [1.29, 1.82) is 0 Å². The number of carbonyl (C=O) groups is 6. The summed E-state index contributed by atoms with van der Waals surface area (Å²) in [6, 6.07) is -2.01. The first kappa shape index (κ1) is 58.4. The van der Waals surface area contributed by atoms with Crippen molar-refractivity contribution in [3.05, 3.63) is 33.4 Å². The van der Waals surface area contributed by atoms with Crippen molar-refractivity contribution >= 4 is 69.6 Å². The average Bonchev–Trinajstić information content (AvgIpc) is 3.87. The number of aliphatic carboxylic acids is 2. The summed E-state index contributed by atoms with van der Waals surface area (Å²) in [4.78, 5) is 115. The monoisotopic (exact) mass is 977 g/mol. The van der Waals surface area contributed by atoms with Crippen molar-refractivity contribution < 1.29 is 58.3 Å². The van der Waals surface area contributed by atoms with Crippen LogP contribution in [0.15, 0.2) is 22.2 Å². The summed E-state index contributed by atoms with van der Waals surface area (Å²) in [7, 11) is 0. The van der Waals surface area contributed by atoms with E-state index in [2.05, 4.69) is 45.9 Å². The third-order valence-electron chi connectivity index (χ3n) is 9.44. The van der Waals surface area contributed by atoms with Gasteiger partial charge in [0.05, 0.1) is 44.0 Å². The smallest absolute Gasteiger partial charge is 0.307 e. The molecule has 3 atom stereocenters. The van der Waals surface area contributed by atoms with Gasteiger partial charge in [0.15, 0.2) is 40.7 Å². The second-order valence-electron chi connectivity index (χ2n) is 16.7. The number of anilines is 2. The number of imidazole rings is 2. The molecule has 4 rings (SSSR count). The van der Waals surface area contributed by atoms with Gasteiger partial charge in [0.25, 0.3) is 11.1 Å². The number of nitrogens with two attached hydrogens (primary N) is 2. The first-order valence-corrected chi connectivity index (χ1v) is 22.1. The van der Waals surface area contributed by atoms with Gasteiger partial charge in [0.2, 0.25) is 17.8 Å². The molecule has 27 nitrogen and oxygen atoms in total. The molecule has 1 amide bonds. The Morgan fingerprint density at radius 1 is 0.667 bits per heavy atom. The molecule has 4 aromatic rings. The number of rotatable bonds is 27. The lowest BCUT2D eigenvalue weighted by molar-refractivity contribution is -0.159. The number of nitrogens with zero attached hydrogens (tertiary/aromatic N) is 6. The second kappa shape index (κ2) is 29.3. The highest BCUT2D eigenvalue weighted by Gasteiger charge is 2.28. The molecule has 0 saturated heterocycles. The molecule has 27 heteroatoms. The summed E-state index contributed by atoms with van der Waals surface area (Å²) >= 11 is 0. The van der Waals surface area contributed by atoms with Crippen molar-refractivity contribution in [2.24, 2.45) is 11.8 Å². The Bertz CT molecular complexity index is 2430. The second-order valence-corrected chi connectivity index (χ2v) is 16.7. The van der Waals surface area contributed by atoms with E-state index in [1.807, 2.05) is 41.5 Å². The summed E-state index contributed by atoms with van der Waals surface area (Å²) in [6.07, 6.45) is 2.80. The lowest BCUT2D eigenvalue weighted by Crippen LogP contribution is -2.52. The third kappa shape index (κ3) is 20.6. The van der Waals surface area contributed by atoms with Crippen molar-refractivity contribution in [3.8, 4) is 0 Å². The largest absolute Gasteiger partial charge is 0.481 e. The van der Waals surface area contributed by atoms with E-state index in [4.69, 9.17) is 41.0 Å². The normalized spacial score (nSPS) is 12.6. The zero-order chi connectivity index (χ0) is 52.0. The van der Waals surface area contributed by atoms with E-state index in [0.717, 1.165) is 0 Å². The fourth-order valence-corrected chi connectivity index (χ4v) is 6.24. The number of carboxylic acid groups (broad SMARTS) is 2. The predicted molar refractivity (Wildman–Crippen MR) is 249 cm³/mol. The first-order chi connectivity index (χ1) is 32.4. The van der Waals surface area contributed by atoms with Crippen LogP contribution in [0, 0.1) is 11.8 Å². The van der Waals surface area contributed by atoms with Crippen molar-refractivity contribution in [2.45, 2.75) is 138 Å². The minimum absolute atomic E-state index is 0.00690. The Balaban J connectivity index is 0.000000429. The van der Waals surface area contributed by atoms with Gasteiger partial charge < -0.3 is 56.9 Å². The van der Waals surface area contributed by atoms with E-state index in [9.17, 15) is 38.4 Å². The van der Waals surface area contributed by atoms with Crippen molar-refractivity contribution in [1.82, 2.24) is 55.0 Å². The number of nitrogen functional groups attached to an aromatic ring is 2. The van der Waals surface area contributed by atoms with E-state index in [1.54, 1.807) is 13.8 Å². The van der Waals surface area contributed by atoms with Crippen LogP contribution in [0.1, 0.15) is 93.9 Å². The van der Waals surface area contributed by atoms with Crippen LogP contribution >= 0.6 is 0 Å². The molecule has 0 radical (unpaired) electrons. The van der Waals surface area contributed by atoms with Gasteiger partial charge in [0, 0.05) is 43.2 Å². The highest BCUT2D eigenvalue weighted by atomic mass is 16.7. The minimum Gasteiger partial charge on any atom is -0.481 e. The molecule has 0 bridgehead atoms. The molecule has 384 valence electrons. The third-order valence-corrected chi connectivity index (χ3v) is 9.44. The summed E-state index contributed by atoms with van der Waals surface area (Å²) in [5.41, 5.74) is 10.9. The molecular formula is C42H67N13O14. The van der Waals surface area contributed by atoms with Crippen LogP contribution in [-0.4, -0.2) is 140 Å². The van der Waals surface area contributed by atoms with E-state index < -0.39 is 54.2 Å². The first-order valence-electron chi connectivity index (χ1n) is 22.1. The standard InChI is InChI=1S/C23H35N7O8.C11H21NO3.C8H11N5O3/c1-12(2)19(34)14(27-21(35)15(26-13(3)4)5-7-16(31)32)6-8-17(33)38-11-37-10-30-9-25-18-20(30)28-23(24)29-22(18)36;1-7(2)11(15)9(12-8(3)4)5-6-10(13)14;9-8-11-6-5(7(15)12-8)10-3-13(6)4-16-2-1-14/h9,12-15,26H,5-8,10-11H2,1-4H3,(H,27,35)(H,31,32)(H3,24,28,29,36);7-9,12H,5-6H2,1-4H3,(H,13,14);3,14H,1-2,4H2,(H3,9,11,12,15). The Kier molecular flexibility index (Phi) is 24.8. The number of aliphatic hydroxyl groups excluding tert-OH is 1. The topological polar surface area (TPSA) is 406 Å². The molecule has 12 N–H and O–H groups in total. The maximum atomic E-state index is 12.8. The number of fused-ring (bicyclic) bond motifs is 2. The number of H-pyrrole nitrogens is 2. The fourth-order valence-electron chi connectivity index (χ4n) is 6.24. The lowest BCUT2D eigenvalue weighted by atomic mass is 9.97. The number of esters is 1. The maximum Gasteiger partial charge on any atom is 0.307 e. The molecule has 0 saturated carbocycles. The molecule has 0 aromatic carbocycles. The zero-order valence-corrected chi connectivity index (χ0v) is 40.1. The molecule has 4 heterocycles. The van der Waals surface area contributed by atoms with E-state index in [1.165, 1.54) is 21.8 Å². The van der Waals surface area contributed by atoms with Gasteiger partial charge >= 0.3 is 17.9 Å². The molecule has 0 aliphatic carbocycles. The number of amides is 1. The van der Waals surface area contributed by atoms with Crippen LogP contribution in [0.3, 0.4) is 0 Å². The number of hydrogen-bond acceptors (Lipinski definition) is 20. The Morgan fingerprint density at radius 3 is 1.55 bits per heavy atom. The number of Topliss-reactive ketones (excluding diaryl/α,β-unsaturated/α-hetero) is 2. The lowest BCUT2D eigenvalue weighted by Gasteiger charge is -2.25. The number of aromatic nitrogens is 8. The van der Waals surface area contributed by atoms with Gasteiger partial charge in [-0.25, -0.2) is 9.97 Å². The summed E-state index contributed by atoms with van der Waals surface area (Å²) in [6.45, 7) is 14.3.